The molecule has 25 heavy (non-hydrogen) atoms. The van der Waals surface area contributed by atoms with Crippen molar-refractivity contribution in [1.82, 2.24) is 0 Å². The molecular formula is C19H25NO5. The third-order valence-electron chi connectivity index (χ3n) is 4.26. The summed E-state index contributed by atoms with van der Waals surface area (Å²) < 4.78 is 29.5. The molecule has 0 radical (unpaired) electrons. The van der Waals surface area contributed by atoms with Gasteiger partial charge in [0.2, 0.25) is 0 Å². The minimum atomic E-state index is -0.839. The van der Waals surface area contributed by atoms with Crippen LogP contribution in [0.3, 0.4) is 0 Å². The molecule has 4 atom stereocenters. The molecule has 0 bridgehead atoms. The van der Waals surface area contributed by atoms with E-state index in [0.29, 0.717) is 13.2 Å². The molecule has 6 nitrogen and oxygen atoms in total. The van der Waals surface area contributed by atoms with Gasteiger partial charge in [-0.25, -0.2) is 0 Å². The van der Waals surface area contributed by atoms with Crippen molar-refractivity contribution in [2.24, 2.45) is 0 Å². The molecule has 2 aliphatic rings. The molecule has 6 heteroatoms. The maximum Gasteiger partial charge on any atom is 0.176 e. The van der Waals surface area contributed by atoms with Gasteiger partial charge < -0.3 is 23.7 Å². The predicted octanol–water partition coefficient (Wildman–Crippen LogP) is 2.77. The molecule has 0 amide bonds. The monoisotopic (exact) mass is 347 g/mol. The first-order chi connectivity index (χ1) is 11.8. The summed E-state index contributed by atoms with van der Waals surface area (Å²) in [6.45, 7) is 8.08. The van der Waals surface area contributed by atoms with Gasteiger partial charge in [0, 0.05) is 0 Å². The van der Waals surface area contributed by atoms with Crippen molar-refractivity contribution in [3.05, 3.63) is 35.9 Å². The zero-order chi connectivity index (χ0) is 18.1. The van der Waals surface area contributed by atoms with E-state index in [2.05, 4.69) is 6.07 Å². The maximum absolute atomic E-state index is 9.47. The molecular weight excluding hydrogens is 322 g/mol. The highest BCUT2D eigenvalue weighted by Crippen LogP contribution is 2.35. The Morgan fingerprint density at radius 1 is 1.12 bits per heavy atom. The fraction of sp³-hybridized carbons (Fsp3) is 0.632. The van der Waals surface area contributed by atoms with E-state index >= 15 is 0 Å². The van der Waals surface area contributed by atoms with Gasteiger partial charge in [-0.1, -0.05) is 30.3 Å². The number of benzene rings is 1. The Morgan fingerprint density at radius 3 is 2.44 bits per heavy atom. The summed E-state index contributed by atoms with van der Waals surface area (Å²) >= 11 is 0. The van der Waals surface area contributed by atoms with E-state index in [4.69, 9.17) is 23.7 Å². The minimum Gasteiger partial charge on any atom is -0.368 e. The van der Waals surface area contributed by atoms with Gasteiger partial charge in [-0.05, 0) is 33.3 Å². The van der Waals surface area contributed by atoms with Crippen molar-refractivity contribution in [2.45, 2.75) is 70.3 Å². The Balaban J connectivity index is 1.78. The van der Waals surface area contributed by atoms with Gasteiger partial charge in [-0.3, -0.25) is 0 Å². The van der Waals surface area contributed by atoms with E-state index in [-0.39, 0.29) is 6.10 Å². The van der Waals surface area contributed by atoms with Gasteiger partial charge in [0.05, 0.1) is 19.3 Å². The van der Waals surface area contributed by atoms with Gasteiger partial charge >= 0.3 is 0 Å². The van der Waals surface area contributed by atoms with Crippen LogP contribution in [0.2, 0.25) is 0 Å². The second-order valence-corrected chi connectivity index (χ2v) is 7.28. The van der Waals surface area contributed by atoms with E-state index in [0.717, 1.165) is 5.56 Å². The lowest BCUT2D eigenvalue weighted by molar-refractivity contribution is -0.190. The highest BCUT2D eigenvalue weighted by atomic mass is 16.8. The number of rotatable bonds is 5. The quantitative estimate of drug-likeness (QED) is 0.816. The van der Waals surface area contributed by atoms with Gasteiger partial charge in [0.15, 0.2) is 17.7 Å². The first kappa shape index (κ1) is 18.3. The summed E-state index contributed by atoms with van der Waals surface area (Å²) in [4.78, 5) is 0. The SMILES string of the molecule is CC1(C)O[C@@H]([C@H](OCc2ccccc2)[C@H]2COC(C)(C)O2)[C@@H](C#N)O1. The minimum absolute atomic E-state index is 0.336. The van der Waals surface area contributed by atoms with E-state index in [1.165, 1.54) is 0 Å². The first-order valence-corrected chi connectivity index (χ1v) is 8.52. The van der Waals surface area contributed by atoms with Crippen LogP contribution in [0.15, 0.2) is 30.3 Å². The number of hydrogen-bond acceptors (Lipinski definition) is 6. The number of nitriles is 1. The van der Waals surface area contributed by atoms with E-state index < -0.39 is 29.9 Å². The lowest BCUT2D eigenvalue weighted by Crippen LogP contribution is -2.46. The van der Waals surface area contributed by atoms with Crippen molar-refractivity contribution < 1.29 is 23.7 Å². The lowest BCUT2D eigenvalue weighted by Gasteiger charge is -2.29. The zero-order valence-electron chi connectivity index (χ0n) is 15.1. The van der Waals surface area contributed by atoms with Crippen LogP contribution in [0.25, 0.3) is 0 Å². The molecule has 0 N–H and O–H groups in total. The van der Waals surface area contributed by atoms with Gasteiger partial charge in [0.25, 0.3) is 0 Å². The van der Waals surface area contributed by atoms with Crippen molar-refractivity contribution >= 4 is 0 Å². The molecule has 2 aliphatic heterocycles. The van der Waals surface area contributed by atoms with Gasteiger partial charge in [0.1, 0.15) is 18.3 Å². The second-order valence-electron chi connectivity index (χ2n) is 7.28. The first-order valence-electron chi connectivity index (χ1n) is 8.52. The van der Waals surface area contributed by atoms with Crippen molar-refractivity contribution in [3.8, 4) is 6.07 Å². The van der Waals surface area contributed by atoms with Crippen LogP contribution in [-0.2, 0) is 30.3 Å². The Hall–Kier alpha value is -1.49. The van der Waals surface area contributed by atoms with Crippen molar-refractivity contribution in [3.63, 3.8) is 0 Å². The third-order valence-corrected chi connectivity index (χ3v) is 4.26. The van der Waals surface area contributed by atoms with E-state index in [9.17, 15) is 5.26 Å². The summed E-state index contributed by atoms with van der Waals surface area (Å²) in [5.41, 5.74) is 1.04. The second kappa shape index (κ2) is 7.02. The number of nitrogens with zero attached hydrogens (tertiary/aromatic N) is 1. The van der Waals surface area contributed by atoms with Crippen LogP contribution in [0.5, 0.6) is 0 Å². The summed E-state index contributed by atoms with van der Waals surface area (Å²) in [7, 11) is 0. The topological polar surface area (TPSA) is 69.9 Å². The smallest absolute Gasteiger partial charge is 0.176 e. The lowest BCUT2D eigenvalue weighted by atomic mass is 10.0. The molecule has 0 saturated carbocycles. The van der Waals surface area contributed by atoms with Crippen LogP contribution in [0.1, 0.15) is 33.3 Å². The van der Waals surface area contributed by atoms with Crippen LogP contribution in [-0.4, -0.2) is 42.6 Å². The molecule has 136 valence electrons. The van der Waals surface area contributed by atoms with Crippen LogP contribution >= 0.6 is 0 Å². The number of ether oxygens (including phenoxy) is 5. The largest absolute Gasteiger partial charge is 0.368 e. The zero-order valence-corrected chi connectivity index (χ0v) is 15.1. The maximum atomic E-state index is 9.47. The van der Waals surface area contributed by atoms with Gasteiger partial charge in [-0.15, -0.1) is 0 Å². The summed E-state index contributed by atoms with van der Waals surface area (Å²) in [6, 6.07) is 12.0. The average molecular weight is 347 g/mol. The molecule has 0 spiro atoms. The van der Waals surface area contributed by atoms with E-state index in [1.807, 2.05) is 44.2 Å². The molecule has 2 fully saturated rings. The van der Waals surface area contributed by atoms with Crippen LogP contribution in [0, 0.1) is 11.3 Å². The Kier molecular flexibility index (Phi) is 5.14. The van der Waals surface area contributed by atoms with Crippen LogP contribution in [0.4, 0.5) is 0 Å². The fourth-order valence-corrected chi connectivity index (χ4v) is 3.19. The Labute approximate surface area is 148 Å². The van der Waals surface area contributed by atoms with Crippen LogP contribution < -0.4 is 0 Å². The summed E-state index contributed by atoms with van der Waals surface area (Å²) in [5, 5.41) is 9.47. The molecule has 1 aromatic carbocycles. The van der Waals surface area contributed by atoms with Crippen molar-refractivity contribution in [2.75, 3.05) is 6.61 Å². The number of hydrogen-bond donors (Lipinski definition) is 0. The fourth-order valence-electron chi connectivity index (χ4n) is 3.19. The third kappa shape index (κ3) is 4.38. The van der Waals surface area contributed by atoms with Gasteiger partial charge in [-0.2, -0.15) is 5.26 Å². The standard InChI is InChI=1S/C19H25NO5/c1-18(2)22-12-15(24-18)16(21-11-13-8-6-5-7-9-13)17-14(10-20)23-19(3,4)25-17/h5-9,14-17H,11-12H2,1-4H3/t14-,15-,16-,17-/m1/s1. The Bertz CT molecular complexity index is 624. The highest BCUT2D eigenvalue weighted by molar-refractivity contribution is 5.13. The Morgan fingerprint density at radius 2 is 1.84 bits per heavy atom. The molecule has 2 heterocycles. The molecule has 1 aromatic rings. The van der Waals surface area contributed by atoms with Crippen molar-refractivity contribution in [1.29, 1.82) is 5.26 Å². The molecule has 3 rings (SSSR count). The molecule has 2 saturated heterocycles. The predicted molar refractivity (Wildman–Crippen MR) is 89.4 cm³/mol. The normalized spacial score (nSPS) is 31.6. The highest BCUT2D eigenvalue weighted by Gasteiger charge is 2.51. The summed E-state index contributed by atoms with van der Waals surface area (Å²) in [6.07, 6.45) is -2.08. The summed E-state index contributed by atoms with van der Waals surface area (Å²) in [5.74, 6) is -1.52. The molecule has 0 aromatic heterocycles. The average Bonchev–Trinajstić information content (AvgIpc) is 3.07. The molecule has 0 unspecified atom stereocenters. The van der Waals surface area contributed by atoms with E-state index in [1.54, 1.807) is 13.8 Å². The molecule has 0 aliphatic carbocycles.